The standard InChI is InChI=1S/C15H23NOS/c1-4-5-6-9-16-15(17)11-18-14-8-7-12(2)10-13(14)3/h7-8,10H,4-6,9,11H2,1-3H3,(H,16,17). The molecule has 0 bridgehead atoms. The van der Waals surface area contributed by atoms with Gasteiger partial charge in [0.1, 0.15) is 0 Å². The van der Waals surface area contributed by atoms with Gasteiger partial charge in [0, 0.05) is 11.4 Å². The zero-order chi connectivity index (χ0) is 13.4. The van der Waals surface area contributed by atoms with Gasteiger partial charge in [-0.05, 0) is 31.9 Å². The lowest BCUT2D eigenvalue weighted by molar-refractivity contribution is -0.118. The largest absolute Gasteiger partial charge is 0.355 e. The van der Waals surface area contributed by atoms with Gasteiger partial charge in [-0.25, -0.2) is 0 Å². The van der Waals surface area contributed by atoms with Crippen molar-refractivity contribution in [1.29, 1.82) is 0 Å². The summed E-state index contributed by atoms with van der Waals surface area (Å²) in [6.07, 6.45) is 3.45. The molecule has 0 unspecified atom stereocenters. The molecule has 0 fully saturated rings. The summed E-state index contributed by atoms with van der Waals surface area (Å²) < 4.78 is 0. The molecule has 0 saturated carbocycles. The Morgan fingerprint density at radius 1 is 1.28 bits per heavy atom. The molecule has 0 saturated heterocycles. The summed E-state index contributed by atoms with van der Waals surface area (Å²) in [6, 6.07) is 6.34. The lowest BCUT2D eigenvalue weighted by Crippen LogP contribution is -2.26. The fraction of sp³-hybridized carbons (Fsp3) is 0.533. The van der Waals surface area contributed by atoms with Crippen LogP contribution in [0.15, 0.2) is 23.1 Å². The topological polar surface area (TPSA) is 29.1 Å². The van der Waals surface area contributed by atoms with Crippen molar-refractivity contribution in [3.8, 4) is 0 Å². The average Bonchev–Trinajstić information content (AvgIpc) is 2.33. The van der Waals surface area contributed by atoms with E-state index in [2.05, 4.69) is 44.3 Å². The maximum atomic E-state index is 11.6. The van der Waals surface area contributed by atoms with Gasteiger partial charge in [-0.15, -0.1) is 11.8 Å². The van der Waals surface area contributed by atoms with E-state index in [9.17, 15) is 4.79 Å². The molecule has 0 heterocycles. The number of amides is 1. The third-order valence-electron chi connectivity index (χ3n) is 2.79. The van der Waals surface area contributed by atoms with Crippen molar-refractivity contribution in [3.63, 3.8) is 0 Å². The molecule has 1 aromatic carbocycles. The van der Waals surface area contributed by atoms with Crippen molar-refractivity contribution in [1.82, 2.24) is 5.32 Å². The highest BCUT2D eigenvalue weighted by Gasteiger charge is 2.04. The Balaban J connectivity index is 2.29. The highest BCUT2D eigenvalue weighted by atomic mass is 32.2. The van der Waals surface area contributed by atoms with Crippen molar-refractivity contribution < 1.29 is 4.79 Å². The molecule has 0 spiro atoms. The lowest BCUT2D eigenvalue weighted by atomic mass is 10.2. The average molecular weight is 265 g/mol. The number of thioether (sulfide) groups is 1. The van der Waals surface area contributed by atoms with E-state index in [1.807, 2.05) is 0 Å². The summed E-state index contributed by atoms with van der Waals surface area (Å²) in [6.45, 7) is 7.15. The molecule has 1 aromatic rings. The van der Waals surface area contributed by atoms with Gasteiger partial charge in [-0.3, -0.25) is 4.79 Å². The third kappa shape index (κ3) is 5.58. The molecule has 3 heteroatoms. The minimum atomic E-state index is 0.135. The quantitative estimate of drug-likeness (QED) is 0.601. The molecule has 0 atom stereocenters. The Morgan fingerprint density at radius 3 is 2.72 bits per heavy atom. The van der Waals surface area contributed by atoms with E-state index in [1.54, 1.807) is 11.8 Å². The second kappa shape index (κ2) is 8.20. The van der Waals surface area contributed by atoms with Crippen LogP contribution in [0.3, 0.4) is 0 Å². The monoisotopic (exact) mass is 265 g/mol. The molecule has 18 heavy (non-hydrogen) atoms. The highest BCUT2D eigenvalue weighted by Crippen LogP contribution is 2.22. The lowest BCUT2D eigenvalue weighted by Gasteiger charge is -2.07. The van der Waals surface area contributed by atoms with Crippen molar-refractivity contribution in [3.05, 3.63) is 29.3 Å². The summed E-state index contributed by atoms with van der Waals surface area (Å²) in [7, 11) is 0. The highest BCUT2D eigenvalue weighted by molar-refractivity contribution is 8.00. The number of hydrogen-bond acceptors (Lipinski definition) is 2. The Labute approximate surface area is 115 Å². The summed E-state index contributed by atoms with van der Waals surface area (Å²) in [5, 5.41) is 2.96. The van der Waals surface area contributed by atoms with Crippen LogP contribution >= 0.6 is 11.8 Å². The molecule has 0 aliphatic heterocycles. The number of nitrogens with one attached hydrogen (secondary N) is 1. The van der Waals surface area contributed by atoms with Crippen LogP contribution < -0.4 is 5.32 Å². The first-order chi connectivity index (χ1) is 8.63. The van der Waals surface area contributed by atoms with E-state index in [-0.39, 0.29) is 5.91 Å². The minimum absolute atomic E-state index is 0.135. The summed E-state index contributed by atoms with van der Waals surface area (Å²) >= 11 is 1.62. The fourth-order valence-electron chi connectivity index (χ4n) is 1.76. The van der Waals surface area contributed by atoms with Crippen LogP contribution in [0.4, 0.5) is 0 Å². The van der Waals surface area contributed by atoms with Gasteiger partial charge < -0.3 is 5.32 Å². The zero-order valence-corrected chi connectivity index (χ0v) is 12.4. The molecule has 0 radical (unpaired) electrons. The Hall–Kier alpha value is -0.960. The third-order valence-corrected chi connectivity index (χ3v) is 3.97. The molecule has 0 aromatic heterocycles. The first kappa shape index (κ1) is 15.1. The van der Waals surface area contributed by atoms with Crippen molar-refractivity contribution in [2.45, 2.75) is 44.9 Å². The van der Waals surface area contributed by atoms with Gasteiger partial charge in [-0.1, -0.05) is 37.5 Å². The van der Waals surface area contributed by atoms with Crippen LogP contribution in [0.25, 0.3) is 0 Å². The van der Waals surface area contributed by atoms with E-state index in [4.69, 9.17) is 0 Å². The van der Waals surface area contributed by atoms with Gasteiger partial charge in [0.2, 0.25) is 5.91 Å². The molecule has 0 aliphatic carbocycles. The first-order valence-electron chi connectivity index (χ1n) is 6.60. The molecular weight excluding hydrogens is 242 g/mol. The SMILES string of the molecule is CCCCCNC(=O)CSc1ccc(C)cc1C. The molecule has 1 N–H and O–H groups in total. The number of carbonyl (C=O) groups is 1. The van der Waals surface area contributed by atoms with E-state index in [1.165, 1.54) is 28.9 Å². The summed E-state index contributed by atoms with van der Waals surface area (Å²) in [4.78, 5) is 12.8. The second-order valence-electron chi connectivity index (χ2n) is 4.61. The maximum Gasteiger partial charge on any atom is 0.230 e. The normalized spacial score (nSPS) is 10.4. The van der Waals surface area contributed by atoms with Crippen molar-refractivity contribution in [2.24, 2.45) is 0 Å². The number of carbonyl (C=O) groups excluding carboxylic acids is 1. The van der Waals surface area contributed by atoms with Crippen molar-refractivity contribution >= 4 is 17.7 Å². The number of aryl methyl sites for hydroxylation is 2. The molecule has 100 valence electrons. The maximum absolute atomic E-state index is 11.6. The van der Waals surface area contributed by atoms with Crippen LogP contribution in [0.5, 0.6) is 0 Å². The molecule has 1 amide bonds. The number of unbranched alkanes of at least 4 members (excludes halogenated alkanes) is 2. The predicted octanol–water partition coefficient (Wildman–Crippen LogP) is 3.70. The van der Waals surface area contributed by atoms with Gasteiger partial charge in [0.15, 0.2) is 0 Å². The Morgan fingerprint density at radius 2 is 2.06 bits per heavy atom. The Bertz CT molecular complexity index is 390. The van der Waals surface area contributed by atoms with E-state index in [0.29, 0.717) is 5.75 Å². The van der Waals surface area contributed by atoms with E-state index < -0.39 is 0 Å². The van der Waals surface area contributed by atoms with Gasteiger partial charge in [0.25, 0.3) is 0 Å². The second-order valence-corrected chi connectivity index (χ2v) is 5.63. The van der Waals surface area contributed by atoms with Crippen LogP contribution in [0, 0.1) is 13.8 Å². The van der Waals surface area contributed by atoms with Crippen LogP contribution in [-0.4, -0.2) is 18.2 Å². The zero-order valence-electron chi connectivity index (χ0n) is 11.6. The molecule has 2 nitrogen and oxygen atoms in total. The number of benzene rings is 1. The summed E-state index contributed by atoms with van der Waals surface area (Å²) in [5.74, 6) is 0.645. The van der Waals surface area contributed by atoms with E-state index >= 15 is 0 Å². The van der Waals surface area contributed by atoms with Crippen LogP contribution in [0.2, 0.25) is 0 Å². The number of hydrogen-bond donors (Lipinski definition) is 1. The van der Waals surface area contributed by atoms with Gasteiger partial charge in [-0.2, -0.15) is 0 Å². The molecule has 0 aliphatic rings. The Kier molecular flexibility index (Phi) is 6.88. The smallest absolute Gasteiger partial charge is 0.230 e. The van der Waals surface area contributed by atoms with Gasteiger partial charge >= 0.3 is 0 Å². The molecular formula is C15H23NOS. The van der Waals surface area contributed by atoms with Gasteiger partial charge in [0.05, 0.1) is 5.75 Å². The van der Waals surface area contributed by atoms with Crippen LogP contribution in [-0.2, 0) is 4.79 Å². The first-order valence-corrected chi connectivity index (χ1v) is 7.58. The fourth-order valence-corrected chi connectivity index (χ4v) is 2.60. The van der Waals surface area contributed by atoms with Crippen molar-refractivity contribution in [2.75, 3.05) is 12.3 Å². The summed E-state index contributed by atoms with van der Waals surface area (Å²) in [5.41, 5.74) is 2.51. The number of rotatable bonds is 7. The minimum Gasteiger partial charge on any atom is -0.355 e. The predicted molar refractivity (Wildman–Crippen MR) is 79.2 cm³/mol. The van der Waals surface area contributed by atoms with Crippen LogP contribution in [0.1, 0.15) is 37.3 Å². The van der Waals surface area contributed by atoms with E-state index in [0.717, 1.165) is 13.0 Å². The molecule has 1 rings (SSSR count).